The van der Waals surface area contributed by atoms with Crippen molar-refractivity contribution < 1.29 is 17.6 Å². The van der Waals surface area contributed by atoms with Crippen LogP contribution in [0.4, 0.5) is 5.69 Å². The number of amides is 1. The molecular formula is C16H17N3O4S. The van der Waals surface area contributed by atoms with Gasteiger partial charge in [0.15, 0.2) is 0 Å². The number of amidine groups is 1. The van der Waals surface area contributed by atoms with Crippen molar-refractivity contribution in [3.63, 3.8) is 0 Å². The van der Waals surface area contributed by atoms with Gasteiger partial charge < -0.3 is 9.73 Å². The molecule has 0 bridgehead atoms. The molecule has 0 atom stereocenters. The Morgan fingerprint density at radius 3 is 2.79 bits per heavy atom. The minimum absolute atomic E-state index is 0.0683. The highest BCUT2D eigenvalue weighted by Crippen LogP contribution is 2.18. The highest BCUT2D eigenvalue weighted by molar-refractivity contribution is 7.90. The van der Waals surface area contributed by atoms with Crippen LogP contribution in [0, 0.1) is 6.92 Å². The fourth-order valence-electron chi connectivity index (χ4n) is 2.40. The second-order valence-electron chi connectivity index (χ2n) is 5.41. The molecular weight excluding hydrogens is 330 g/mol. The summed E-state index contributed by atoms with van der Waals surface area (Å²) < 4.78 is 32.4. The molecule has 0 fully saturated rings. The lowest BCUT2D eigenvalue weighted by Gasteiger charge is -2.10. The first-order chi connectivity index (χ1) is 11.5. The van der Waals surface area contributed by atoms with Crippen LogP contribution in [-0.4, -0.2) is 26.7 Å². The first kappa shape index (κ1) is 16.3. The molecule has 0 saturated carbocycles. The van der Waals surface area contributed by atoms with E-state index in [1.54, 1.807) is 25.1 Å². The summed E-state index contributed by atoms with van der Waals surface area (Å²) in [6.07, 6.45) is 2.89. The van der Waals surface area contributed by atoms with Crippen molar-refractivity contribution >= 4 is 27.5 Å². The number of carbonyl (C=O) groups is 1. The monoisotopic (exact) mass is 347 g/mol. The molecule has 2 N–H and O–H groups in total. The molecule has 126 valence electrons. The van der Waals surface area contributed by atoms with Crippen LogP contribution in [0.2, 0.25) is 0 Å². The van der Waals surface area contributed by atoms with E-state index in [0.717, 1.165) is 6.42 Å². The predicted octanol–water partition coefficient (Wildman–Crippen LogP) is 2.31. The van der Waals surface area contributed by atoms with Gasteiger partial charge in [0.05, 0.1) is 16.7 Å². The number of aliphatic imine (C=N–C) groups is 1. The number of anilines is 1. The Morgan fingerprint density at radius 1 is 1.29 bits per heavy atom. The molecule has 0 saturated heterocycles. The van der Waals surface area contributed by atoms with E-state index < -0.39 is 10.0 Å². The fourth-order valence-corrected chi connectivity index (χ4v) is 3.53. The summed E-state index contributed by atoms with van der Waals surface area (Å²) >= 11 is 0. The molecule has 7 nitrogen and oxygen atoms in total. The summed E-state index contributed by atoms with van der Waals surface area (Å²) in [5, 5.41) is 2.67. The Labute approximate surface area is 139 Å². The Hall–Kier alpha value is -2.61. The number of furan rings is 1. The maximum absolute atomic E-state index is 12.4. The van der Waals surface area contributed by atoms with Crippen molar-refractivity contribution in [2.24, 2.45) is 4.99 Å². The number of nitrogens with zero attached hydrogens (tertiary/aromatic N) is 1. The van der Waals surface area contributed by atoms with E-state index >= 15 is 0 Å². The van der Waals surface area contributed by atoms with Crippen LogP contribution in [0.1, 0.15) is 29.0 Å². The zero-order chi connectivity index (χ0) is 17.2. The molecule has 0 radical (unpaired) electrons. The second kappa shape index (κ2) is 6.48. The first-order valence-corrected chi connectivity index (χ1v) is 8.96. The molecule has 2 aromatic rings. The first-order valence-electron chi connectivity index (χ1n) is 7.47. The smallest absolute Gasteiger partial charge is 0.262 e. The third kappa shape index (κ3) is 3.48. The van der Waals surface area contributed by atoms with Crippen LogP contribution in [0.25, 0.3) is 0 Å². The van der Waals surface area contributed by atoms with Gasteiger partial charge >= 0.3 is 0 Å². The highest BCUT2D eigenvalue weighted by Gasteiger charge is 2.19. The normalized spacial score (nSPS) is 14.3. The van der Waals surface area contributed by atoms with Crippen LogP contribution in [0.5, 0.6) is 0 Å². The van der Waals surface area contributed by atoms with E-state index in [-0.39, 0.29) is 10.8 Å². The van der Waals surface area contributed by atoms with Crippen molar-refractivity contribution in [1.29, 1.82) is 0 Å². The largest absolute Gasteiger partial charge is 0.469 e. The van der Waals surface area contributed by atoms with Gasteiger partial charge in [-0.1, -0.05) is 6.07 Å². The van der Waals surface area contributed by atoms with Crippen LogP contribution in [0.15, 0.2) is 50.9 Å². The molecule has 1 aliphatic heterocycles. The molecule has 1 aliphatic rings. The van der Waals surface area contributed by atoms with Crippen LogP contribution in [0.3, 0.4) is 0 Å². The number of rotatable bonds is 4. The summed E-state index contributed by atoms with van der Waals surface area (Å²) in [6, 6.07) is 7.63. The van der Waals surface area contributed by atoms with E-state index in [4.69, 9.17) is 4.42 Å². The minimum Gasteiger partial charge on any atom is -0.469 e. The van der Waals surface area contributed by atoms with Gasteiger partial charge in [-0.3, -0.25) is 14.5 Å². The maximum atomic E-state index is 12.4. The topological polar surface area (TPSA) is 101 Å². The Bertz CT molecular complexity index is 900. The standard InChI is InChI=1S/C16H17N3O4S/c1-11-14(7-9-23-11)16(20)18-12-4-2-5-13(10-12)24(21,22)19-15-6-3-8-17-15/h2,4-5,7,9-10H,3,6,8H2,1H3,(H,17,19)(H,18,20). The van der Waals surface area contributed by atoms with Gasteiger partial charge in [-0.15, -0.1) is 0 Å². The average Bonchev–Trinajstić information content (AvgIpc) is 3.18. The average molecular weight is 347 g/mol. The van der Waals surface area contributed by atoms with Gasteiger partial charge in [0.1, 0.15) is 11.6 Å². The summed E-state index contributed by atoms with van der Waals surface area (Å²) in [6.45, 7) is 2.32. The number of benzene rings is 1. The summed E-state index contributed by atoms with van der Waals surface area (Å²) in [5.41, 5.74) is 0.790. The minimum atomic E-state index is -3.71. The lowest BCUT2D eigenvalue weighted by Crippen LogP contribution is -2.29. The molecule has 0 unspecified atom stereocenters. The van der Waals surface area contributed by atoms with Crippen molar-refractivity contribution in [2.45, 2.75) is 24.7 Å². The molecule has 0 spiro atoms. The molecule has 0 aliphatic carbocycles. The third-order valence-corrected chi connectivity index (χ3v) is 5.01. The maximum Gasteiger partial charge on any atom is 0.262 e. The van der Waals surface area contributed by atoms with E-state index in [1.165, 1.54) is 18.4 Å². The van der Waals surface area contributed by atoms with E-state index in [2.05, 4.69) is 15.0 Å². The Balaban J connectivity index is 1.79. The van der Waals surface area contributed by atoms with Gasteiger partial charge in [-0.05, 0) is 37.6 Å². The van der Waals surface area contributed by atoms with Crippen molar-refractivity contribution in [3.05, 3.63) is 47.9 Å². The number of sulfonamides is 1. The van der Waals surface area contributed by atoms with Crippen LogP contribution < -0.4 is 10.0 Å². The van der Waals surface area contributed by atoms with Crippen LogP contribution in [-0.2, 0) is 10.0 Å². The van der Waals surface area contributed by atoms with E-state index in [1.807, 2.05) is 0 Å². The van der Waals surface area contributed by atoms with Gasteiger partial charge in [-0.2, -0.15) is 0 Å². The number of hydrogen-bond donors (Lipinski definition) is 2. The lowest BCUT2D eigenvalue weighted by atomic mass is 10.2. The summed E-state index contributed by atoms with van der Waals surface area (Å²) in [4.78, 5) is 16.4. The molecule has 2 heterocycles. The number of carbonyl (C=O) groups excluding carboxylic acids is 1. The van der Waals surface area contributed by atoms with Crippen molar-refractivity contribution in [1.82, 2.24) is 4.72 Å². The molecule has 8 heteroatoms. The number of nitrogens with one attached hydrogen (secondary N) is 2. The van der Waals surface area contributed by atoms with Gasteiger partial charge in [-0.25, -0.2) is 8.42 Å². The number of aryl methyl sites for hydroxylation is 1. The van der Waals surface area contributed by atoms with E-state index in [9.17, 15) is 13.2 Å². The zero-order valence-corrected chi connectivity index (χ0v) is 13.9. The summed E-state index contributed by atoms with van der Waals surface area (Å²) in [7, 11) is -3.71. The number of hydrogen-bond acceptors (Lipinski definition) is 5. The van der Waals surface area contributed by atoms with E-state index in [0.29, 0.717) is 35.8 Å². The highest BCUT2D eigenvalue weighted by atomic mass is 32.2. The third-order valence-electron chi connectivity index (χ3n) is 3.63. The summed E-state index contributed by atoms with van der Waals surface area (Å²) in [5.74, 6) is 0.611. The second-order valence-corrected chi connectivity index (χ2v) is 7.09. The molecule has 1 amide bonds. The van der Waals surface area contributed by atoms with Gasteiger partial charge in [0.25, 0.3) is 15.9 Å². The van der Waals surface area contributed by atoms with Crippen molar-refractivity contribution in [2.75, 3.05) is 11.9 Å². The predicted molar refractivity (Wildman–Crippen MR) is 89.7 cm³/mol. The zero-order valence-electron chi connectivity index (χ0n) is 13.1. The molecule has 1 aromatic heterocycles. The fraction of sp³-hybridized carbons (Fsp3) is 0.250. The SMILES string of the molecule is Cc1occc1C(=O)Nc1cccc(S(=O)(=O)NC2=NCCC2)c1. The van der Waals surface area contributed by atoms with Gasteiger partial charge in [0.2, 0.25) is 0 Å². The van der Waals surface area contributed by atoms with Crippen molar-refractivity contribution in [3.8, 4) is 0 Å². The lowest BCUT2D eigenvalue weighted by molar-refractivity contribution is 0.102. The quantitative estimate of drug-likeness (QED) is 0.886. The van der Waals surface area contributed by atoms with Gasteiger partial charge in [0, 0.05) is 18.7 Å². The van der Waals surface area contributed by atoms with Crippen LogP contribution >= 0.6 is 0 Å². The molecule has 1 aromatic carbocycles. The Morgan fingerprint density at radius 2 is 2.12 bits per heavy atom. The molecule has 3 rings (SSSR count). The Kier molecular flexibility index (Phi) is 4.39. The molecule has 24 heavy (non-hydrogen) atoms.